The Morgan fingerprint density at radius 1 is 1.39 bits per heavy atom. The minimum Gasteiger partial charge on any atom is -0.393 e. The molecule has 0 aromatic heterocycles. The molecule has 2 aliphatic heterocycles. The van der Waals surface area contributed by atoms with Crippen LogP contribution in [0, 0.1) is 16.6 Å². The van der Waals surface area contributed by atoms with Crippen LogP contribution in [0.4, 0.5) is 10.1 Å². The predicted octanol–water partition coefficient (Wildman–Crippen LogP) is 2.31. The first kappa shape index (κ1) is 22.5. The lowest BCUT2D eigenvalue weighted by Crippen LogP contribution is -2.42. The van der Waals surface area contributed by atoms with Gasteiger partial charge in [-0.25, -0.2) is 4.39 Å². The lowest BCUT2D eigenvalue weighted by Gasteiger charge is -2.32. The minimum absolute atomic E-state index is 0.0393. The van der Waals surface area contributed by atoms with E-state index in [4.69, 9.17) is 15.6 Å². The number of halogens is 1. The normalized spacial score (nSPS) is 19.3. The van der Waals surface area contributed by atoms with Gasteiger partial charge in [0.1, 0.15) is 11.7 Å². The fourth-order valence-electron chi connectivity index (χ4n) is 3.69. The Hall–Kier alpha value is -3.20. The van der Waals surface area contributed by atoms with Crippen LogP contribution in [0.15, 0.2) is 35.7 Å². The van der Waals surface area contributed by atoms with Gasteiger partial charge in [0, 0.05) is 62.8 Å². The summed E-state index contributed by atoms with van der Waals surface area (Å²) in [4.78, 5) is 13.6. The molecule has 0 spiro atoms. The zero-order valence-corrected chi connectivity index (χ0v) is 17.8. The molecule has 1 saturated heterocycles. The molecule has 9 heteroatoms. The largest absolute Gasteiger partial charge is 0.393 e. The molecule has 1 unspecified atom stereocenters. The van der Waals surface area contributed by atoms with Gasteiger partial charge in [-0.3, -0.25) is 10.2 Å². The Bertz CT molecular complexity index is 921. The molecule has 1 fully saturated rings. The number of allylic oxidation sites excluding steroid dienone is 1. The average molecular weight is 429 g/mol. The van der Waals surface area contributed by atoms with Gasteiger partial charge >= 0.3 is 0 Å². The molecule has 3 rings (SSSR count). The van der Waals surface area contributed by atoms with Crippen molar-refractivity contribution in [2.45, 2.75) is 25.8 Å². The molecule has 0 aliphatic carbocycles. The number of ether oxygens (including phenoxy) is 1. The van der Waals surface area contributed by atoms with Gasteiger partial charge in [0.2, 0.25) is 5.91 Å². The maximum absolute atomic E-state index is 14.5. The van der Waals surface area contributed by atoms with Crippen molar-refractivity contribution >= 4 is 29.2 Å². The van der Waals surface area contributed by atoms with Crippen LogP contribution in [-0.4, -0.2) is 62.3 Å². The number of nitrogens with zero attached hydrogens (tertiary/aromatic N) is 1. The molecule has 2 aliphatic rings. The van der Waals surface area contributed by atoms with Gasteiger partial charge in [0.25, 0.3) is 0 Å². The van der Waals surface area contributed by atoms with Crippen LogP contribution in [0.25, 0.3) is 5.57 Å². The minimum atomic E-state index is -0.499. The van der Waals surface area contributed by atoms with Gasteiger partial charge < -0.3 is 31.0 Å². The van der Waals surface area contributed by atoms with Crippen LogP contribution in [0.1, 0.15) is 25.3 Å². The van der Waals surface area contributed by atoms with E-state index in [1.165, 1.54) is 19.2 Å². The second kappa shape index (κ2) is 10.2. The van der Waals surface area contributed by atoms with E-state index in [0.29, 0.717) is 42.9 Å². The Morgan fingerprint density at radius 2 is 2.19 bits per heavy atom. The van der Waals surface area contributed by atoms with Gasteiger partial charge in [0.15, 0.2) is 0 Å². The van der Waals surface area contributed by atoms with Crippen molar-refractivity contribution in [2.75, 3.05) is 38.7 Å². The van der Waals surface area contributed by atoms with E-state index in [1.807, 2.05) is 0 Å². The lowest BCUT2D eigenvalue weighted by atomic mass is 10.0. The summed E-state index contributed by atoms with van der Waals surface area (Å²) in [6.45, 7) is 3.67. The van der Waals surface area contributed by atoms with Gasteiger partial charge in [-0.2, -0.15) is 0 Å². The Kier molecular flexibility index (Phi) is 7.41. The maximum atomic E-state index is 14.5. The molecule has 31 heavy (non-hydrogen) atoms. The van der Waals surface area contributed by atoms with Crippen LogP contribution in [0.2, 0.25) is 0 Å². The standard InChI is InChI=1S/C22H29FN6O2/c1-14(30)29-7-5-20(27-17-6-8-31-13-17)18(12-29)22(25)28-21-9-15(3-4-19(21)23)16(10-24)11-26-2/h3-4,9-11,17,24,26-27H,5-8,12-13H2,1-2H3,(H2,25,28)/b16-11+,24-10?. The third-order valence-corrected chi connectivity index (χ3v) is 5.41. The molecule has 5 N–H and O–H groups in total. The first-order chi connectivity index (χ1) is 14.9. The molecule has 1 aromatic carbocycles. The zero-order valence-electron chi connectivity index (χ0n) is 17.8. The molecule has 1 aromatic rings. The van der Waals surface area contributed by atoms with Crippen LogP contribution in [0.3, 0.4) is 0 Å². The van der Waals surface area contributed by atoms with Crippen molar-refractivity contribution in [3.05, 3.63) is 47.0 Å². The van der Waals surface area contributed by atoms with Crippen LogP contribution >= 0.6 is 0 Å². The van der Waals surface area contributed by atoms with Gasteiger partial charge in [-0.1, -0.05) is 6.07 Å². The summed E-state index contributed by atoms with van der Waals surface area (Å²) in [5, 5.41) is 25.4. The van der Waals surface area contributed by atoms with E-state index in [-0.39, 0.29) is 30.0 Å². The van der Waals surface area contributed by atoms with Gasteiger partial charge in [-0.15, -0.1) is 0 Å². The molecule has 8 nitrogen and oxygen atoms in total. The summed E-state index contributed by atoms with van der Waals surface area (Å²) in [6, 6.07) is 4.64. The number of benzene rings is 1. The molecule has 0 saturated carbocycles. The van der Waals surface area contributed by atoms with Crippen molar-refractivity contribution in [1.82, 2.24) is 15.5 Å². The molecular weight excluding hydrogens is 399 g/mol. The Balaban J connectivity index is 1.87. The van der Waals surface area contributed by atoms with Crippen LogP contribution in [0.5, 0.6) is 0 Å². The van der Waals surface area contributed by atoms with Gasteiger partial charge in [0.05, 0.1) is 24.9 Å². The fourth-order valence-corrected chi connectivity index (χ4v) is 3.69. The second-order valence-electron chi connectivity index (χ2n) is 7.58. The Morgan fingerprint density at radius 3 is 2.84 bits per heavy atom. The molecule has 2 heterocycles. The van der Waals surface area contributed by atoms with Crippen LogP contribution in [-0.2, 0) is 9.53 Å². The Labute approximate surface area is 181 Å². The third-order valence-electron chi connectivity index (χ3n) is 5.41. The van der Waals surface area contributed by atoms with E-state index in [2.05, 4.69) is 16.0 Å². The highest BCUT2D eigenvalue weighted by atomic mass is 19.1. The van der Waals surface area contributed by atoms with E-state index in [9.17, 15) is 9.18 Å². The molecular formula is C22H29FN6O2. The number of amidine groups is 1. The number of rotatable bonds is 7. The first-order valence-electron chi connectivity index (χ1n) is 10.3. The second-order valence-corrected chi connectivity index (χ2v) is 7.58. The monoisotopic (exact) mass is 428 g/mol. The maximum Gasteiger partial charge on any atom is 0.219 e. The van der Waals surface area contributed by atoms with E-state index in [0.717, 1.165) is 12.1 Å². The summed E-state index contributed by atoms with van der Waals surface area (Å²) < 4.78 is 19.9. The first-order valence-corrected chi connectivity index (χ1v) is 10.3. The smallest absolute Gasteiger partial charge is 0.219 e. The highest BCUT2D eigenvalue weighted by Gasteiger charge is 2.26. The number of nitrogens with one attached hydrogen (secondary N) is 5. The lowest BCUT2D eigenvalue weighted by molar-refractivity contribution is -0.128. The summed E-state index contributed by atoms with van der Waals surface area (Å²) in [6.07, 6.45) is 4.31. The molecule has 1 amide bonds. The third kappa shape index (κ3) is 5.49. The van der Waals surface area contributed by atoms with E-state index >= 15 is 0 Å². The highest BCUT2D eigenvalue weighted by molar-refractivity contribution is 6.10. The summed E-state index contributed by atoms with van der Waals surface area (Å²) in [5.74, 6) is -0.521. The van der Waals surface area contributed by atoms with Crippen molar-refractivity contribution in [3.8, 4) is 0 Å². The quantitative estimate of drug-likeness (QED) is 0.338. The fraction of sp³-hybridized carbons (Fsp3) is 0.409. The summed E-state index contributed by atoms with van der Waals surface area (Å²) >= 11 is 0. The molecule has 166 valence electrons. The topological polar surface area (TPSA) is 113 Å². The molecule has 0 radical (unpaired) electrons. The van der Waals surface area contributed by atoms with E-state index in [1.54, 1.807) is 30.3 Å². The van der Waals surface area contributed by atoms with Crippen LogP contribution < -0.4 is 16.0 Å². The summed E-state index contributed by atoms with van der Waals surface area (Å²) in [5.41, 5.74) is 2.89. The van der Waals surface area contributed by atoms with Crippen molar-refractivity contribution < 1.29 is 13.9 Å². The number of anilines is 1. The number of hydrogen-bond donors (Lipinski definition) is 5. The number of carbonyl (C=O) groups excluding carboxylic acids is 1. The van der Waals surface area contributed by atoms with Crippen molar-refractivity contribution in [2.24, 2.45) is 0 Å². The SMILES string of the molecule is CN/C=C(\C=N)c1ccc(F)c(NC(=N)C2=C(NC3CCOC3)CCN(C(C)=O)C2)c1. The van der Waals surface area contributed by atoms with Crippen molar-refractivity contribution in [1.29, 1.82) is 10.8 Å². The summed E-state index contributed by atoms with van der Waals surface area (Å²) in [7, 11) is 1.72. The number of carbonyl (C=O) groups is 1. The average Bonchev–Trinajstić information content (AvgIpc) is 3.27. The number of amides is 1. The van der Waals surface area contributed by atoms with Crippen molar-refractivity contribution in [3.63, 3.8) is 0 Å². The highest BCUT2D eigenvalue weighted by Crippen LogP contribution is 2.24. The molecule has 1 atom stereocenters. The predicted molar refractivity (Wildman–Crippen MR) is 120 cm³/mol. The van der Waals surface area contributed by atoms with Gasteiger partial charge in [-0.05, 0) is 24.1 Å². The number of hydrogen-bond acceptors (Lipinski definition) is 6. The zero-order chi connectivity index (χ0) is 22.4. The molecule has 0 bridgehead atoms. The van der Waals surface area contributed by atoms with E-state index < -0.39 is 5.82 Å².